The minimum Gasteiger partial charge on any atom is -0.370 e. The quantitative estimate of drug-likeness (QED) is 0.494. The summed E-state index contributed by atoms with van der Waals surface area (Å²) in [5, 5.41) is 3.66. The molecule has 3 aromatic rings. The van der Waals surface area contributed by atoms with Crippen molar-refractivity contribution in [2.45, 2.75) is 6.92 Å². The number of thiazole rings is 1. The molecule has 1 aromatic carbocycles. The summed E-state index contributed by atoms with van der Waals surface area (Å²) in [5.41, 5.74) is 15.0. The van der Waals surface area contributed by atoms with E-state index in [-0.39, 0.29) is 5.96 Å². The van der Waals surface area contributed by atoms with Gasteiger partial charge < -0.3 is 16.5 Å². The predicted molar refractivity (Wildman–Crippen MR) is 79.6 cm³/mol. The third-order valence-electron chi connectivity index (χ3n) is 2.83. The van der Waals surface area contributed by atoms with Crippen molar-refractivity contribution < 1.29 is 0 Å². The number of aryl methyl sites for hydroxylation is 1. The first kappa shape index (κ1) is 11.7. The Kier molecular flexibility index (Phi) is 2.72. The van der Waals surface area contributed by atoms with Crippen LogP contribution in [0.25, 0.3) is 22.2 Å². The lowest BCUT2D eigenvalue weighted by Crippen LogP contribution is -2.21. The summed E-state index contributed by atoms with van der Waals surface area (Å²) in [6.45, 7) is 2.07. The van der Waals surface area contributed by atoms with Gasteiger partial charge in [-0.1, -0.05) is 12.1 Å². The normalized spacial score (nSPS) is 10.8. The van der Waals surface area contributed by atoms with Crippen LogP contribution in [0.15, 0.2) is 34.8 Å². The van der Waals surface area contributed by atoms with Crippen molar-refractivity contribution in [3.8, 4) is 11.3 Å². The Morgan fingerprint density at radius 1 is 1.37 bits per heavy atom. The largest absolute Gasteiger partial charge is 0.370 e. The monoisotopic (exact) mass is 271 g/mol. The summed E-state index contributed by atoms with van der Waals surface area (Å²) in [4.78, 5) is 11.6. The molecule has 0 radical (unpaired) electrons. The van der Waals surface area contributed by atoms with Crippen molar-refractivity contribution in [2.75, 3.05) is 0 Å². The highest BCUT2D eigenvalue weighted by molar-refractivity contribution is 7.13. The van der Waals surface area contributed by atoms with E-state index in [0.717, 1.165) is 22.2 Å². The van der Waals surface area contributed by atoms with Crippen molar-refractivity contribution in [1.29, 1.82) is 0 Å². The molecular formula is C13H13N5S. The summed E-state index contributed by atoms with van der Waals surface area (Å²) >= 11 is 1.42. The number of hydrogen-bond donors (Lipinski definition) is 3. The van der Waals surface area contributed by atoms with Crippen molar-refractivity contribution in [1.82, 2.24) is 9.97 Å². The SMILES string of the molecule is Cc1ccc2c(-c3csc(N=C(N)N)n3)c[nH]c2c1. The fourth-order valence-corrected chi connectivity index (χ4v) is 2.71. The highest BCUT2D eigenvalue weighted by atomic mass is 32.1. The van der Waals surface area contributed by atoms with Crippen molar-refractivity contribution >= 4 is 33.3 Å². The topological polar surface area (TPSA) is 93.1 Å². The molecule has 96 valence electrons. The number of nitrogens with one attached hydrogen (secondary N) is 1. The Bertz CT molecular complexity index is 764. The molecule has 6 heteroatoms. The van der Waals surface area contributed by atoms with Gasteiger partial charge in [-0.15, -0.1) is 11.3 Å². The molecule has 0 amide bonds. The fourth-order valence-electron chi connectivity index (χ4n) is 2.00. The van der Waals surface area contributed by atoms with Gasteiger partial charge in [0.15, 0.2) is 5.96 Å². The number of aromatic amines is 1. The van der Waals surface area contributed by atoms with Crippen LogP contribution in [0.4, 0.5) is 5.13 Å². The second-order valence-corrected chi connectivity index (χ2v) is 5.14. The molecule has 5 N–H and O–H groups in total. The molecule has 2 heterocycles. The van der Waals surface area contributed by atoms with Crippen LogP contribution in [0.5, 0.6) is 0 Å². The van der Waals surface area contributed by atoms with Crippen LogP contribution in [-0.2, 0) is 0 Å². The third kappa shape index (κ3) is 2.17. The Labute approximate surface area is 114 Å². The molecule has 0 saturated carbocycles. The number of guanidine groups is 1. The van der Waals surface area contributed by atoms with Crippen LogP contribution >= 0.6 is 11.3 Å². The standard InChI is InChI=1S/C13H13N5S/c1-7-2-3-8-9(5-16-10(8)4-7)11-6-19-13(17-11)18-12(14)15/h2-6,16H,1H3,(H4,14,15,17,18). The summed E-state index contributed by atoms with van der Waals surface area (Å²) in [7, 11) is 0. The summed E-state index contributed by atoms with van der Waals surface area (Å²) in [6, 6.07) is 6.29. The van der Waals surface area contributed by atoms with Crippen molar-refractivity contribution in [3.05, 3.63) is 35.3 Å². The van der Waals surface area contributed by atoms with E-state index in [0.29, 0.717) is 5.13 Å². The average molecular weight is 271 g/mol. The maximum absolute atomic E-state index is 5.35. The zero-order chi connectivity index (χ0) is 13.4. The van der Waals surface area contributed by atoms with Crippen LogP contribution in [0.3, 0.4) is 0 Å². The summed E-state index contributed by atoms with van der Waals surface area (Å²) in [5.74, 6) is 0.0236. The average Bonchev–Trinajstić information content (AvgIpc) is 2.93. The van der Waals surface area contributed by atoms with Crippen LogP contribution in [0.1, 0.15) is 5.56 Å². The van der Waals surface area contributed by atoms with Crippen LogP contribution in [-0.4, -0.2) is 15.9 Å². The van der Waals surface area contributed by atoms with Crippen molar-refractivity contribution in [2.24, 2.45) is 16.5 Å². The molecule has 5 nitrogen and oxygen atoms in total. The van der Waals surface area contributed by atoms with E-state index in [1.807, 2.05) is 11.6 Å². The number of benzene rings is 1. The molecule has 0 aliphatic rings. The Balaban J connectivity index is 2.09. The number of nitrogens with zero attached hydrogens (tertiary/aromatic N) is 2. The predicted octanol–water partition coefficient (Wildman–Crippen LogP) is 2.50. The van der Waals surface area contributed by atoms with Crippen LogP contribution < -0.4 is 11.5 Å². The Hall–Kier alpha value is -2.34. The number of rotatable bonds is 2. The van der Waals surface area contributed by atoms with Gasteiger partial charge in [-0.2, -0.15) is 4.99 Å². The van der Waals surface area contributed by atoms with E-state index in [2.05, 4.69) is 40.1 Å². The van der Waals surface area contributed by atoms with E-state index >= 15 is 0 Å². The number of fused-ring (bicyclic) bond motifs is 1. The van der Waals surface area contributed by atoms with E-state index in [1.165, 1.54) is 16.9 Å². The first-order valence-corrected chi connectivity index (χ1v) is 6.65. The van der Waals surface area contributed by atoms with Gasteiger partial charge in [0.1, 0.15) is 0 Å². The minimum absolute atomic E-state index is 0.0236. The molecule has 0 spiro atoms. The van der Waals surface area contributed by atoms with Gasteiger partial charge in [-0.05, 0) is 18.6 Å². The van der Waals surface area contributed by atoms with E-state index in [9.17, 15) is 0 Å². The molecule has 0 fully saturated rings. The molecule has 0 aliphatic carbocycles. The van der Waals surface area contributed by atoms with Gasteiger partial charge in [0.05, 0.1) is 5.69 Å². The minimum atomic E-state index is 0.0236. The van der Waals surface area contributed by atoms with Gasteiger partial charge in [0.2, 0.25) is 5.13 Å². The molecule has 0 atom stereocenters. The van der Waals surface area contributed by atoms with Gasteiger partial charge >= 0.3 is 0 Å². The second kappa shape index (κ2) is 4.40. The van der Waals surface area contributed by atoms with E-state index in [4.69, 9.17) is 11.5 Å². The Morgan fingerprint density at radius 3 is 3.00 bits per heavy atom. The number of nitrogens with two attached hydrogens (primary N) is 2. The fraction of sp³-hybridized carbons (Fsp3) is 0.0769. The van der Waals surface area contributed by atoms with Crippen LogP contribution in [0, 0.1) is 6.92 Å². The smallest absolute Gasteiger partial charge is 0.212 e. The van der Waals surface area contributed by atoms with Gasteiger partial charge in [-0.25, -0.2) is 4.98 Å². The number of hydrogen-bond acceptors (Lipinski definition) is 3. The van der Waals surface area contributed by atoms with E-state index < -0.39 is 0 Å². The highest BCUT2D eigenvalue weighted by Crippen LogP contribution is 2.32. The molecule has 3 rings (SSSR count). The van der Waals surface area contributed by atoms with Crippen LogP contribution in [0.2, 0.25) is 0 Å². The van der Waals surface area contributed by atoms with Gasteiger partial charge in [-0.3, -0.25) is 0 Å². The summed E-state index contributed by atoms with van der Waals surface area (Å²) < 4.78 is 0. The van der Waals surface area contributed by atoms with E-state index in [1.54, 1.807) is 0 Å². The highest BCUT2D eigenvalue weighted by Gasteiger charge is 2.09. The molecule has 2 aromatic heterocycles. The lowest BCUT2D eigenvalue weighted by molar-refractivity contribution is 1.33. The maximum Gasteiger partial charge on any atom is 0.212 e. The zero-order valence-electron chi connectivity index (χ0n) is 10.3. The zero-order valence-corrected chi connectivity index (χ0v) is 11.2. The Morgan fingerprint density at radius 2 is 2.21 bits per heavy atom. The molecule has 0 aliphatic heterocycles. The molecule has 0 unspecified atom stereocenters. The number of aliphatic imine (C=N–C) groups is 1. The third-order valence-corrected chi connectivity index (χ3v) is 3.56. The molecule has 0 saturated heterocycles. The number of aromatic nitrogens is 2. The maximum atomic E-state index is 5.35. The molecular weight excluding hydrogens is 258 g/mol. The van der Waals surface area contributed by atoms with Gasteiger partial charge in [0, 0.05) is 28.0 Å². The molecule has 19 heavy (non-hydrogen) atoms. The lowest BCUT2D eigenvalue weighted by Gasteiger charge is -1.95. The first-order chi connectivity index (χ1) is 9.13. The molecule has 0 bridgehead atoms. The number of H-pyrrole nitrogens is 1. The van der Waals surface area contributed by atoms with Crippen molar-refractivity contribution in [3.63, 3.8) is 0 Å². The first-order valence-electron chi connectivity index (χ1n) is 5.77. The second-order valence-electron chi connectivity index (χ2n) is 4.30. The van der Waals surface area contributed by atoms with Gasteiger partial charge in [0.25, 0.3) is 0 Å². The summed E-state index contributed by atoms with van der Waals surface area (Å²) in [6.07, 6.45) is 1.96. The lowest BCUT2D eigenvalue weighted by atomic mass is 10.1.